The van der Waals surface area contributed by atoms with E-state index in [0.717, 1.165) is 38.0 Å². The summed E-state index contributed by atoms with van der Waals surface area (Å²) in [5.41, 5.74) is 0.772. The largest absolute Gasteiger partial charge is 0.490 e. The fraction of sp³-hybridized carbons (Fsp3) is 0.579. The van der Waals surface area contributed by atoms with Crippen molar-refractivity contribution in [1.29, 1.82) is 0 Å². The summed E-state index contributed by atoms with van der Waals surface area (Å²) in [5.74, 6) is 0.861. The predicted octanol–water partition coefficient (Wildman–Crippen LogP) is 3.27. The average Bonchev–Trinajstić information content (AvgIpc) is 3.07. The van der Waals surface area contributed by atoms with Crippen molar-refractivity contribution in [3.8, 4) is 5.75 Å². The lowest BCUT2D eigenvalue weighted by molar-refractivity contribution is 0.198. The molecule has 1 aromatic carbocycles. The molecule has 0 spiro atoms. The SMILES string of the molecule is C=CCN1[C@@H](CC(C)C)COc2cccc(N3CCCC3)c2S1(=O)=O. The van der Waals surface area contributed by atoms with Gasteiger partial charge in [-0.3, -0.25) is 0 Å². The molecule has 0 saturated carbocycles. The molecular formula is C19H28N2O3S. The Kier molecular flexibility index (Phi) is 5.39. The third-order valence-electron chi connectivity index (χ3n) is 4.86. The first kappa shape index (κ1) is 18.3. The standard InChI is InChI=1S/C19H28N2O3S/c1-4-10-21-16(13-15(2)3)14-24-18-9-7-8-17(19(18)25(21,22)23)20-11-5-6-12-20/h4,7-9,15-16H,1,5-6,10-14H2,2-3H3/t16-/m0/s1. The molecule has 0 amide bonds. The molecule has 138 valence electrons. The molecular weight excluding hydrogens is 336 g/mol. The molecule has 1 saturated heterocycles. The van der Waals surface area contributed by atoms with Gasteiger partial charge in [-0.15, -0.1) is 6.58 Å². The zero-order chi connectivity index (χ0) is 18.0. The van der Waals surface area contributed by atoms with Crippen molar-refractivity contribution >= 4 is 15.7 Å². The van der Waals surface area contributed by atoms with Crippen LogP contribution in [-0.2, 0) is 10.0 Å². The molecule has 1 aromatic rings. The predicted molar refractivity (Wildman–Crippen MR) is 101 cm³/mol. The summed E-state index contributed by atoms with van der Waals surface area (Å²) < 4.78 is 34.7. The molecule has 6 heteroatoms. The van der Waals surface area contributed by atoms with Gasteiger partial charge in [0, 0.05) is 19.6 Å². The molecule has 25 heavy (non-hydrogen) atoms. The molecule has 2 heterocycles. The number of benzene rings is 1. The van der Waals surface area contributed by atoms with Crippen molar-refractivity contribution in [2.45, 2.75) is 44.0 Å². The molecule has 1 atom stereocenters. The third-order valence-corrected chi connectivity index (χ3v) is 6.85. The van der Waals surface area contributed by atoms with Crippen LogP contribution in [0.1, 0.15) is 33.1 Å². The first-order valence-electron chi connectivity index (χ1n) is 9.08. The average molecular weight is 365 g/mol. The Balaban J connectivity index is 2.10. The quantitative estimate of drug-likeness (QED) is 0.753. The van der Waals surface area contributed by atoms with Crippen LogP contribution < -0.4 is 9.64 Å². The van der Waals surface area contributed by atoms with Crippen LogP contribution in [0.5, 0.6) is 5.75 Å². The zero-order valence-corrected chi connectivity index (χ0v) is 16.0. The van der Waals surface area contributed by atoms with Crippen LogP contribution in [0, 0.1) is 5.92 Å². The lowest BCUT2D eigenvalue weighted by Crippen LogP contribution is -2.43. The van der Waals surface area contributed by atoms with E-state index in [1.807, 2.05) is 12.1 Å². The Hall–Kier alpha value is -1.53. The number of anilines is 1. The van der Waals surface area contributed by atoms with Crippen LogP contribution in [0.4, 0.5) is 5.69 Å². The second-order valence-corrected chi connectivity index (χ2v) is 9.08. The van der Waals surface area contributed by atoms with Crippen LogP contribution in [0.25, 0.3) is 0 Å². The number of sulfonamides is 1. The smallest absolute Gasteiger partial charge is 0.249 e. The fourth-order valence-corrected chi connectivity index (χ4v) is 5.69. The van der Waals surface area contributed by atoms with Gasteiger partial charge in [0.25, 0.3) is 0 Å². The van der Waals surface area contributed by atoms with E-state index >= 15 is 0 Å². The van der Waals surface area contributed by atoms with Crippen LogP contribution in [0.3, 0.4) is 0 Å². The van der Waals surface area contributed by atoms with Crippen molar-refractivity contribution in [2.24, 2.45) is 5.92 Å². The van der Waals surface area contributed by atoms with E-state index in [-0.39, 0.29) is 6.04 Å². The van der Waals surface area contributed by atoms with Gasteiger partial charge in [0.05, 0.1) is 11.7 Å². The van der Waals surface area contributed by atoms with Gasteiger partial charge in [-0.25, -0.2) is 8.42 Å². The van der Waals surface area contributed by atoms with E-state index in [4.69, 9.17) is 4.74 Å². The summed E-state index contributed by atoms with van der Waals surface area (Å²) >= 11 is 0. The van der Waals surface area contributed by atoms with E-state index in [1.54, 1.807) is 16.4 Å². The van der Waals surface area contributed by atoms with Gasteiger partial charge in [0.15, 0.2) is 0 Å². The van der Waals surface area contributed by atoms with Crippen LogP contribution in [0.15, 0.2) is 35.7 Å². The first-order chi connectivity index (χ1) is 11.9. The summed E-state index contributed by atoms with van der Waals surface area (Å²) in [5, 5.41) is 0. The molecule has 2 aliphatic rings. The molecule has 5 nitrogen and oxygen atoms in total. The van der Waals surface area contributed by atoms with E-state index in [2.05, 4.69) is 25.3 Å². The number of ether oxygens (including phenoxy) is 1. The number of nitrogens with zero attached hydrogens (tertiary/aromatic N) is 2. The molecule has 0 aliphatic carbocycles. The minimum Gasteiger partial charge on any atom is -0.490 e. The van der Waals surface area contributed by atoms with Crippen LogP contribution in [0.2, 0.25) is 0 Å². The van der Waals surface area contributed by atoms with Gasteiger partial charge >= 0.3 is 0 Å². The minimum atomic E-state index is -3.65. The van der Waals surface area contributed by atoms with E-state index in [1.165, 1.54) is 0 Å². The van der Waals surface area contributed by atoms with E-state index in [9.17, 15) is 8.42 Å². The topological polar surface area (TPSA) is 49.9 Å². The maximum Gasteiger partial charge on any atom is 0.249 e. The van der Waals surface area contributed by atoms with Gasteiger partial charge in [-0.05, 0) is 37.3 Å². The van der Waals surface area contributed by atoms with Crippen LogP contribution in [-0.4, -0.2) is 45.0 Å². The highest BCUT2D eigenvalue weighted by Gasteiger charge is 2.39. The van der Waals surface area contributed by atoms with Gasteiger partial charge in [0.1, 0.15) is 17.3 Å². The number of hydrogen-bond donors (Lipinski definition) is 0. The summed E-state index contributed by atoms with van der Waals surface area (Å²) in [6.07, 6.45) is 4.61. The number of fused-ring (bicyclic) bond motifs is 1. The summed E-state index contributed by atoms with van der Waals surface area (Å²) in [7, 11) is -3.65. The van der Waals surface area contributed by atoms with Gasteiger partial charge in [0.2, 0.25) is 10.0 Å². The van der Waals surface area contributed by atoms with Crippen molar-refractivity contribution in [3.05, 3.63) is 30.9 Å². The molecule has 3 rings (SSSR count). The Morgan fingerprint density at radius 3 is 2.68 bits per heavy atom. The summed E-state index contributed by atoms with van der Waals surface area (Å²) in [4.78, 5) is 2.49. The minimum absolute atomic E-state index is 0.179. The Morgan fingerprint density at radius 1 is 1.32 bits per heavy atom. The monoisotopic (exact) mass is 364 g/mol. The molecule has 0 radical (unpaired) electrons. The lowest BCUT2D eigenvalue weighted by atomic mass is 10.0. The Bertz CT molecular complexity index is 724. The lowest BCUT2D eigenvalue weighted by Gasteiger charge is -2.29. The highest BCUT2D eigenvalue weighted by Crippen LogP contribution is 2.40. The van der Waals surface area contributed by atoms with Crippen molar-refractivity contribution in [3.63, 3.8) is 0 Å². The van der Waals surface area contributed by atoms with E-state index in [0.29, 0.717) is 29.7 Å². The molecule has 0 N–H and O–H groups in total. The molecule has 0 unspecified atom stereocenters. The van der Waals surface area contributed by atoms with Gasteiger partial charge in [-0.1, -0.05) is 26.0 Å². The van der Waals surface area contributed by atoms with E-state index < -0.39 is 10.0 Å². The fourth-order valence-electron chi connectivity index (χ4n) is 3.77. The van der Waals surface area contributed by atoms with Crippen molar-refractivity contribution < 1.29 is 13.2 Å². The summed E-state index contributed by atoms with van der Waals surface area (Å²) in [6.45, 7) is 10.4. The zero-order valence-electron chi connectivity index (χ0n) is 15.1. The van der Waals surface area contributed by atoms with Crippen molar-refractivity contribution in [1.82, 2.24) is 4.31 Å². The second-order valence-electron chi connectivity index (χ2n) is 7.26. The molecule has 1 fully saturated rings. The Labute approximate surface area is 151 Å². The number of rotatable bonds is 5. The van der Waals surface area contributed by atoms with Crippen LogP contribution >= 0.6 is 0 Å². The third kappa shape index (κ3) is 3.55. The Morgan fingerprint density at radius 2 is 2.04 bits per heavy atom. The van der Waals surface area contributed by atoms with Gasteiger partial charge < -0.3 is 9.64 Å². The number of hydrogen-bond acceptors (Lipinski definition) is 4. The molecule has 0 bridgehead atoms. The first-order valence-corrected chi connectivity index (χ1v) is 10.5. The molecule has 2 aliphatic heterocycles. The maximum absolute atomic E-state index is 13.6. The van der Waals surface area contributed by atoms with Crippen molar-refractivity contribution in [2.75, 3.05) is 31.1 Å². The highest BCUT2D eigenvalue weighted by molar-refractivity contribution is 7.89. The normalized spacial score (nSPS) is 23.2. The van der Waals surface area contributed by atoms with Gasteiger partial charge in [-0.2, -0.15) is 4.31 Å². The second kappa shape index (κ2) is 7.38. The molecule has 0 aromatic heterocycles. The maximum atomic E-state index is 13.6. The highest BCUT2D eigenvalue weighted by atomic mass is 32.2. The summed E-state index contributed by atoms with van der Waals surface area (Å²) in [6, 6.07) is 5.39.